The lowest BCUT2D eigenvalue weighted by Crippen LogP contribution is -2.50. The van der Waals surface area contributed by atoms with Gasteiger partial charge in [-0.05, 0) is 38.0 Å². The Kier molecular flexibility index (Phi) is 3.54. The van der Waals surface area contributed by atoms with Crippen LogP contribution < -0.4 is 15.4 Å². The van der Waals surface area contributed by atoms with Crippen LogP contribution in [0.15, 0.2) is 18.2 Å². The van der Waals surface area contributed by atoms with E-state index in [1.807, 2.05) is 18.2 Å². The van der Waals surface area contributed by atoms with Gasteiger partial charge in [0.2, 0.25) is 0 Å². The zero-order valence-electron chi connectivity index (χ0n) is 12.1. The van der Waals surface area contributed by atoms with Gasteiger partial charge in [0.25, 0.3) is 5.91 Å². The van der Waals surface area contributed by atoms with Crippen LogP contribution in [0.3, 0.4) is 0 Å². The van der Waals surface area contributed by atoms with Crippen molar-refractivity contribution in [3.63, 3.8) is 0 Å². The number of hydrogen-bond donors (Lipinski definition) is 1. The molecule has 4 nitrogen and oxygen atoms in total. The standard InChI is InChI=1S/C15H22N2O2/c1-5-6-11(16)10-7-8-13-12(9-10)17(4)14(18)15(2,3)19-13/h7-9,11H,5-6,16H2,1-4H3. The van der Waals surface area contributed by atoms with Crippen molar-refractivity contribution in [2.45, 2.75) is 45.3 Å². The van der Waals surface area contributed by atoms with Crippen LogP contribution in [-0.2, 0) is 4.79 Å². The van der Waals surface area contributed by atoms with Gasteiger partial charge >= 0.3 is 0 Å². The van der Waals surface area contributed by atoms with Crippen LogP contribution in [0.25, 0.3) is 0 Å². The van der Waals surface area contributed by atoms with Crippen molar-refractivity contribution in [2.24, 2.45) is 5.73 Å². The highest BCUT2D eigenvalue weighted by molar-refractivity contribution is 6.01. The van der Waals surface area contributed by atoms with E-state index in [9.17, 15) is 4.79 Å². The molecule has 0 saturated heterocycles. The summed E-state index contributed by atoms with van der Waals surface area (Å²) < 4.78 is 5.76. The van der Waals surface area contributed by atoms with Gasteiger partial charge in [0, 0.05) is 13.1 Å². The SMILES string of the molecule is CCCC(N)c1ccc2c(c1)N(C)C(=O)C(C)(C)O2. The smallest absolute Gasteiger partial charge is 0.270 e. The van der Waals surface area contributed by atoms with E-state index in [0.717, 1.165) is 29.8 Å². The van der Waals surface area contributed by atoms with Crippen molar-refractivity contribution < 1.29 is 9.53 Å². The Morgan fingerprint density at radius 3 is 2.74 bits per heavy atom. The summed E-state index contributed by atoms with van der Waals surface area (Å²) in [5.74, 6) is 0.695. The first-order valence-electron chi connectivity index (χ1n) is 6.73. The largest absolute Gasteiger partial charge is 0.476 e. The first kappa shape index (κ1) is 13.9. The third-order valence-corrected chi connectivity index (χ3v) is 3.56. The Labute approximate surface area is 114 Å². The van der Waals surface area contributed by atoms with Crippen LogP contribution in [0, 0.1) is 0 Å². The molecule has 0 bridgehead atoms. The van der Waals surface area contributed by atoms with Crippen molar-refractivity contribution in [1.82, 2.24) is 0 Å². The van der Waals surface area contributed by atoms with Gasteiger partial charge in [0.15, 0.2) is 5.60 Å². The predicted octanol–water partition coefficient (Wildman–Crippen LogP) is 2.62. The molecule has 1 aliphatic rings. The third-order valence-electron chi connectivity index (χ3n) is 3.56. The van der Waals surface area contributed by atoms with Gasteiger partial charge in [-0.15, -0.1) is 0 Å². The van der Waals surface area contributed by atoms with Gasteiger partial charge in [-0.2, -0.15) is 0 Å². The molecule has 1 heterocycles. The molecule has 0 fully saturated rings. The van der Waals surface area contributed by atoms with Crippen molar-refractivity contribution in [3.05, 3.63) is 23.8 Å². The van der Waals surface area contributed by atoms with Crippen LogP contribution in [0.4, 0.5) is 5.69 Å². The van der Waals surface area contributed by atoms with Gasteiger partial charge in [0.05, 0.1) is 5.69 Å². The first-order chi connectivity index (χ1) is 8.86. The molecule has 1 aliphatic heterocycles. The maximum absolute atomic E-state index is 12.2. The molecule has 1 atom stereocenters. The summed E-state index contributed by atoms with van der Waals surface area (Å²) in [5, 5.41) is 0. The summed E-state index contributed by atoms with van der Waals surface area (Å²) in [7, 11) is 1.78. The lowest BCUT2D eigenvalue weighted by molar-refractivity contribution is -0.132. The van der Waals surface area contributed by atoms with Gasteiger partial charge in [-0.25, -0.2) is 0 Å². The van der Waals surface area contributed by atoms with Crippen LogP contribution in [-0.4, -0.2) is 18.6 Å². The summed E-state index contributed by atoms with van der Waals surface area (Å²) in [4.78, 5) is 13.8. The summed E-state index contributed by atoms with van der Waals surface area (Å²) in [6, 6.07) is 5.86. The molecule has 2 N–H and O–H groups in total. The zero-order chi connectivity index (χ0) is 14.2. The summed E-state index contributed by atoms with van der Waals surface area (Å²) in [5.41, 5.74) is 7.16. The molecule has 0 aromatic heterocycles. The number of anilines is 1. The summed E-state index contributed by atoms with van der Waals surface area (Å²) in [6.07, 6.45) is 1.97. The van der Waals surface area contributed by atoms with Crippen molar-refractivity contribution in [1.29, 1.82) is 0 Å². The molecule has 0 saturated carbocycles. The van der Waals surface area contributed by atoms with E-state index in [2.05, 4.69) is 6.92 Å². The summed E-state index contributed by atoms with van der Waals surface area (Å²) in [6.45, 7) is 5.68. The average molecular weight is 262 g/mol. The van der Waals surface area contributed by atoms with Gasteiger partial charge in [-0.1, -0.05) is 19.4 Å². The topological polar surface area (TPSA) is 55.6 Å². The fourth-order valence-electron chi connectivity index (χ4n) is 2.42. The number of hydrogen-bond acceptors (Lipinski definition) is 3. The molecule has 19 heavy (non-hydrogen) atoms. The Balaban J connectivity index is 2.39. The Morgan fingerprint density at radius 1 is 1.42 bits per heavy atom. The molecule has 1 aromatic rings. The number of ether oxygens (including phenoxy) is 1. The van der Waals surface area contributed by atoms with Crippen LogP contribution >= 0.6 is 0 Å². The average Bonchev–Trinajstić information content (AvgIpc) is 2.36. The number of benzene rings is 1. The summed E-state index contributed by atoms with van der Waals surface area (Å²) >= 11 is 0. The lowest BCUT2D eigenvalue weighted by Gasteiger charge is -2.37. The minimum atomic E-state index is -0.811. The highest BCUT2D eigenvalue weighted by Gasteiger charge is 2.39. The number of carbonyl (C=O) groups is 1. The Bertz CT molecular complexity index is 497. The molecular formula is C15H22N2O2. The minimum absolute atomic E-state index is 0.00809. The minimum Gasteiger partial charge on any atom is -0.476 e. The fraction of sp³-hybridized carbons (Fsp3) is 0.533. The van der Waals surface area contributed by atoms with E-state index in [-0.39, 0.29) is 11.9 Å². The predicted molar refractivity (Wildman–Crippen MR) is 76.4 cm³/mol. The van der Waals surface area contributed by atoms with E-state index < -0.39 is 5.60 Å². The molecule has 2 rings (SSSR count). The van der Waals surface area contributed by atoms with Gasteiger partial charge < -0.3 is 15.4 Å². The van der Waals surface area contributed by atoms with E-state index in [4.69, 9.17) is 10.5 Å². The lowest BCUT2D eigenvalue weighted by atomic mass is 9.99. The monoisotopic (exact) mass is 262 g/mol. The van der Waals surface area contributed by atoms with E-state index in [1.54, 1.807) is 25.8 Å². The maximum atomic E-state index is 12.2. The quantitative estimate of drug-likeness (QED) is 0.911. The highest BCUT2D eigenvalue weighted by atomic mass is 16.5. The molecular weight excluding hydrogens is 240 g/mol. The molecule has 0 spiro atoms. The van der Waals surface area contributed by atoms with Crippen molar-refractivity contribution in [2.75, 3.05) is 11.9 Å². The number of fused-ring (bicyclic) bond motifs is 1. The number of amides is 1. The molecule has 1 unspecified atom stereocenters. The molecule has 1 aromatic carbocycles. The van der Waals surface area contributed by atoms with Crippen LogP contribution in [0.2, 0.25) is 0 Å². The van der Waals surface area contributed by atoms with Gasteiger partial charge in [0.1, 0.15) is 5.75 Å². The highest BCUT2D eigenvalue weighted by Crippen LogP contribution is 2.38. The maximum Gasteiger partial charge on any atom is 0.270 e. The van der Waals surface area contributed by atoms with E-state index in [1.165, 1.54) is 0 Å². The van der Waals surface area contributed by atoms with E-state index >= 15 is 0 Å². The second-order valence-electron chi connectivity index (χ2n) is 5.60. The van der Waals surface area contributed by atoms with Crippen molar-refractivity contribution >= 4 is 11.6 Å². The molecule has 0 aliphatic carbocycles. The molecule has 1 amide bonds. The Hall–Kier alpha value is -1.55. The second-order valence-corrected chi connectivity index (χ2v) is 5.60. The van der Waals surface area contributed by atoms with Gasteiger partial charge in [-0.3, -0.25) is 4.79 Å². The first-order valence-corrected chi connectivity index (χ1v) is 6.73. The number of nitrogens with two attached hydrogens (primary N) is 1. The van der Waals surface area contributed by atoms with E-state index in [0.29, 0.717) is 0 Å². The number of carbonyl (C=O) groups excluding carboxylic acids is 1. The van der Waals surface area contributed by atoms with Crippen molar-refractivity contribution in [3.8, 4) is 5.75 Å². The Morgan fingerprint density at radius 2 is 2.11 bits per heavy atom. The zero-order valence-corrected chi connectivity index (χ0v) is 12.1. The third kappa shape index (κ3) is 2.45. The molecule has 104 valence electrons. The molecule has 0 radical (unpaired) electrons. The fourth-order valence-corrected chi connectivity index (χ4v) is 2.42. The normalized spacial score (nSPS) is 18.8. The second kappa shape index (κ2) is 4.85. The number of nitrogens with zero attached hydrogens (tertiary/aromatic N) is 1. The van der Waals surface area contributed by atoms with Crippen LogP contribution in [0.5, 0.6) is 5.75 Å². The van der Waals surface area contributed by atoms with Crippen LogP contribution in [0.1, 0.15) is 45.2 Å². The molecule has 4 heteroatoms. The number of likely N-dealkylation sites (N-methyl/N-ethyl adjacent to an activating group) is 1. The number of rotatable bonds is 3.